The number of rotatable bonds is 7. The number of amides is 1. The summed E-state index contributed by atoms with van der Waals surface area (Å²) in [5.41, 5.74) is 1.91. The van der Waals surface area contributed by atoms with Crippen molar-refractivity contribution in [3.63, 3.8) is 0 Å². The van der Waals surface area contributed by atoms with E-state index in [0.717, 1.165) is 25.1 Å². The van der Waals surface area contributed by atoms with Crippen LogP contribution in [-0.2, 0) is 17.9 Å². The molecule has 31 heavy (non-hydrogen) atoms. The van der Waals surface area contributed by atoms with E-state index in [1.165, 1.54) is 0 Å². The summed E-state index contributed by atoms with van der Waals surface area (Å²) < 4.78 is 12.9. The largest absolute Gasteiger partial charge is 0.487 e. The monoisotopic (exact) mass is 419 g/mol. The van der Waals surface area contributed by atoms with Gasteiger partial charge in [-0.1, -0.05) is 6.07 Å². The molecule has 7 nitrogen and oxygen atoms in total. The molecule has 0 saturated carbocycles. The average Bonchev–Trinajstić information content (AvgIpc) is 3.29. The van der Waals surface area contributed by atoms with Gasteiger partial charge >= 0.3 is 0 Å². The molecule has 1 amide bonds. The van der Waals surface area contributed by atoms with E-state index in [2.05, 4.69) is 10.3 Å². The van der Waals surface area contributed by atoms with Crippen molar-refractivity contribution in [3.8, 4) is 5.75 Å². The van der Waals surface area contributed by atoms with E-state index in [1.54, 1.807) is 54.2 Å². The molecule has 0 aliphatic carbocycles. The first-order valence-electron chi connectivity index (χ1n) is 10.4. The standard InChI is InChI=1S/C24H25N3O4/c1-17-11-13-27(15-21-6-4-14-30-21)24(29)22(17)23(28)26-18-7-9-20(10-8-18)31-16-19-5-2-3-12-25-19/h2-3,5,7-13,21H,4,6,14-16H2,1H3,(H,26,28). The zero-order valence-electron chi connectivity index (χ0n) is 17.4. The molecule has 0 bridgehead atoms. The fourth-order valence-corrected chi connectivity index (χ4v) is 3.56. The van der Waals surface area contributed by atoms with E-state index >= 15 is 0 Å². The van der Waals surface area contributed by atoms with Crippen LogP contribution in [0.3, 0.4) is 0 Å². The Morgan fingerprint density at radius 1 is 1.23 bits per heavy atom. The van der Waals surface area contributed by atoms with E-state index in [9.17, 15) is 9.59 Å². The summed E-state index contributed by atoms with van der Waals surface area (Å²) in [4.78, 5) is 30.0. The van der Waals surface area contributed by atoms with Crippen molar-refractivity contribution in [2.45, 2.75) is 39.0 Å². The van der Waals surface area contributed by atoms with E-state index in [-0.39, 0.29) is 17.2 Å². The van der Waals surface area contributed by atoms with Crippen molar-refractivity contribution in [1.29, 1.82) is 0 Å². The summed E-state index contributed by atoms with van der Waals surface area (Å²) >= 11 is 0. The molecule has 1 aromatic carbocycles. The molecule has 1 aliphatic heterocycles. The van der Waals surface area contributed by atoms with Crippen molar-refractivity contribution >= 4 is 11.6 Å². The van der Waals surface area contributed by atoms with Crippen LogP contribution in [0.2, 0.25) is 0 Å². The first kappa shape index (κ1) is 20.8. The van der Waals surface area contributed by atoms with Gasteiger partial charge in [0.25, 0.3) is 11.5 Å². The Morgan fingerprint density at radius 3 is 2.77 bits per heavy atom. The number of aromatic nitrogens is 2. The van der Waals surface area contributed by atoms with Crippen molar-refractivity contribution in [3.05, 3.63) is 88.1 Å². The topological polar surface area (TPSA) is 82.5 Å². The number of nitrogens with zero attached hydrogens (tertiary/aromatic N) is 2. The SMILES string of the molecule is Cc1ccn(CC2CCCO2)c(=O)c1C(=O)Nc1ccc(OCc2ccccn2)cc1. The van der Waals surface area contributed by atoms with Crippen LogP contribution >= 0.6 is 0 Å². The van der Waals surface area contributed by atoms with Gasteiger partial charge < -0.3 is 19.4 Å². The molecule has 0 radical (unpaired) electrons. The second kappa shape index (κ2) is 9.57. The number of benzene rings is 1. The van der Waals surface area contributed by atoms with Crippen LogP contribution in [0.1, 0.15) is 34.5 Å². The highest BCUT2D eigenvalue weighted by molar-refractivity contribution is 6.05. The third-order valence-corrected chi connectivity index (χ3v) is 5.25. The number of aryl methyl sites for hydroxylation is 1. The predicted octanol–water partition coefficient (Wildman–Crippen LogP) is 3.56. The number of hydrogen-bond acceptors (Lipinski definition) is 5. The van der Waals surface area contributed by atoms with Crippen LogP contribution < -0.4 is 15.6 Å². The smallest absolute Gasteiger partial charge is 0.263 e. The molecular formula is C24H25N3O4. The Hall–Kier alpha value is -3.45. The van der Waals surface area contributed by atoms with Gasteiger partial charge in [-0.05, 0) is 67.8 Å². The lowest BCUT2D eigenvalue weighted by Gasteiger charge is -2.14. The first-order chi connectivity index (χ1) is 15.1. The summed E-state index contributed by atoms with van der Waals surface area (Å²) in [6, 6.07) is 14.5. The van der Waals surface area contributed by atoms with Crippen molar-refractivity contribution in [2.24, 2.45) is 0 Å². The highest BCUT2D eigenvalue weighted by Crippen LogP contribution is 2.18. The molecule has 2 aromatic heterocycles. The number of carbonyl (C=O) groups is 1. The zero-order valence-corrected chi connectivity index (χ0v) is 17.4. The van der Waals surface area contributed by atoms with Gasteiger partial charge in [-0.2, -0.15) is 0 Å². The van der Waals surface area contributed by atoms with Crippen LogP contribution in [0.4, 0.5) is 5.69 Å². The lowest BCUT2D eigenvalue weighted by Crippen LogP contribution is -2.32. The fraction of sp³-hybridized carbons (Fsp3) is 0.292. The molecule has 1 aliphatic rings. The van der Waals surface area contributed by atoms with E-state index in [4.69, 9.17) is 9.47 Å². The van der Waals surface area contributed by atoms with Gasteiger partial charge in [0.05, 0.1) is 18.3 Å². The van der Waals surface area contributed by atoms with E-state index in [1.807, 2.05) is 18.2 Å². The molecule has 3 heterocycles. The van der Waals surface area contributed by atoms with Gasteiger partial charge in [0.1, 0.15) is 17.9 Å². The molecule has 0 spiro atoms. The predicted molar refractivity (Wildman–Crippen MR) is 117 cm³/mol. The van der Waals surface area contributed by atoms with Gasteiger partial charge in [0.15, 0.2) is 0 Å². The second-order valence-electron chi connectivity index (χ2n) is 7.55. The van der Waals surface area contributed by atoms with Crippen LogP contribution in [0.5, 0.6) is 5.75 Å². The minimum absolute atomic E-state index is 0.0231. The molecule has 1 N–H and O–H groups in total. The van der Waals surface area contributed by atoms with Crippen molar-refractivity contribution < 1.29 is 14.3 Å². The van der Waals surface area contributed by atoms with Crippen molar-refractivity contribution in [2.75, 3.05) is 11.9 Å². The maximum atomic E-state index is 12.9. The maximum Gasteiger partial charge on any atom is 0.263 e. The maximum absolute atomic E-state index is 12.9. The lowest BCUT2D eigenvalue weighted by molar-refractivity contribution is 0.0952. The molecule has 1 unspecified atom stereocenters. The number of nitrogens with one attached hydrogen (secondary N) is 1. The van der Waals surface area contributed by atoms with Crippen molar-refractivity contribution in [1.82, 2.24) is 9.55 Å². The normalized spacial score (nSPS) is 15.6. The second-order valence-corrected chi connectivity index (χ2v) is 7.55. The Labute approximate surface area is 180 Å². The molecule has 7 heteroatoms. The van der Waals surface area contributed by atoms with Gasteiger partial charge in [-0.15, -0.1) is 0 Å². The molecule has 4 rings (SSSR count). The lowest BCUT2D eigenvalue weighted by atomic mass is 10.1. The Kier molecular flexibility index (Phi) is 6.43. The highest BCUT2D eigenvalue weighted by atomic mass is 16.5. The highest BCUT2D eigenvalue weighted by Gasteiger charge is 2.20. The third-order valence-electron chi connectivity index (χ3n) is 5.25. The fourth-order valence-electron chi connectivity index (χ4n) is 3.56. The van der Waals surface area contributed by atoms with Crippen LogP contribution in [-0.4, -0.2) is 28.2 Å². The molecule has 160 valence electrons. The number of hydrogen-bond donors (Lipinski definition) is 1. The van der Waals surface area contributed by atoms with Gasteiger partial charge in [0, 0.05) is 24.7 Å². The van der Waals surface area contributed by atoms with Crippen LogP contribution in [0.15, 0.2) is 65.7 Å². The van der Waals surface area contributed by atoms with E-state index in [0.29, 0.717) is 30.2 Å². The first-order valence-corrected chi connectivity index (χ1v) is 10.4. The Balaban J connectivity index is 1.42. The Morgan fingerprint density at radius 2 is 2.06 bits per heavy atom. The number of anilines is 1. The summed E-state index contributed by atoms with van der Waals surface area (Å²) in [6.07, 6.45) is 5.40. The van der Waals surface area contributed by atoms with Gasteiger partial charge in [-0.25, -0.2) is 0 Å². The Bertz CT molecular complexity index is 1090. The minimum atomic E-state index is -0.425. The third kappa shape index (κ3) is 5.19. The van der Waals surface area contributed by atoms with E-state index < -0.39 is 5.91 Å². The summed E-state index contributed by atoms with van der Waals surface area (Å²) in [7, 11) is 0. The summed E-state index contributed by atoms with van der Waals surface area (Å²) in [6.45, 7) is 3.31. The number of carbonyl (C=O) groups excluding carboxylic acids is 1. The molecule has 1 saturated heterocycles. The number of ether oxygens (including phenoxy) is 2. The quantitative estimate of drug-likeness (QED) is 0.633. The molecule has 1 atom stereocenters. The number of pyridine rings is 2. The van der Waals surface area contributed by atoms with Crippen LogP contribution in [0, 0.1) is 6.92 Å². The minimum Gasteiger partial charge on any atom is -0.487 e. The van der Waals surface area contributed by atoms with Gasteiger partial charge in [-0.3, -0.25) is 14.6 Å². The molecular weight excluding hydrogens is 394 g/mol. The molecule has 1 fully saturated rings. The van der Waals surface area contributed by atoms with Crippen LogP contribution in [0.25, 0.3) is 0 Å². The van der Waals surface area contributed by atoms with Gasteiger partial charge in [0.2, 0.25) is 0 Å². The summed E-state index contributed by atoms with van der Waals surface area (Å²) in [5, 5.41) is 2.81. The molecule has 3 aromatic rings. The average molecular weight is 419 g/mol. The zero-order chi connectivity index (χ0) is 21.6. The summed E-state index contributed by atoms with van der Waals surface area (Å²) in [5.74, 6) is 0.241.